The quantitative estimate of drug-likeness (QED) is 0.596. The third-order valence-corrected chi connectivity index (χ3v) is 2.86. The molecule has 0 aromatic carbocycles. The maximum atomic E-state index is 10.3. The summed E-state index contributed by atoms with van der Waals surface area (Å²) < 4.78 is 60.5. The Hall–Kier alpha value is -1.01. The lowest BCUT2D eigenvalue weighted by Gasteiger charge is -2.03. The fraction of sp³-hybridized carbons (Fsp3) is 0.625. The van der Waals surface area contributed by atoms with Crippen LogP contribution in [0.4, 0.5) is 0 Å². The van der Waals surface area contributed by atoms with Crippen LogP contribution >= 0.6 is 0 Å². The SMILES string of the molecule is CCCC(C)S(=O)(=O)O.O=S(=O)(O)O.c1c[nH]cn1. The lowest BCUT2D eigenvalue weighted by Crippen LogP contribution is -2.15. The number of rotatable bonds is 3. The molecule has 1 atom stereocenters. The van der Waals surface area contributed by atoms with E-state index >= 15 is 0 Å². The molecule has 0 spiro atoms. The first kappa shape index (κ1) is 20.3. The largest absolute Gasteiger partial charge is 0.394 e. The molecule has 1 rings (SSSR count). The Morgan fingerprint density at radius 2 is 1.68 bits per heavy atom. The highest BCUT2D eigenvalue weighted by Crippen LogP contribution is 2.04. The lowest BCUT2D eigenvalue weighted by atomic mass is 10.3. The Morgan fingerprint density at radius 3 is 1.79 bits per heavy atom. The Morgan fingerprint density at radius 1 is 1.21 bits per heavy atom. The Labute approximate surface area is 112 Å². The molecule has 0 aliphatic rings. The van der Waals surface area contributed by atoms with Crippen molar-refractivity contribution in [3.8, 4) is 0 Å². The normalized spacial score (nSPS) is 12.5. The molecule has 0 bridgehead atoms. The minimum absolute atomic E-state index is 0.527. The molecule has 0 amide bonds. The second kappa shape index (κ2) is 9.86. The first-order valence-corrected chi connectivity index (χ1v) is 7.97. The molecule has 4 N–H and O–H groups in total. The molecule has 1 unspecified atom stereocenters. The van der Waals surface area contributed by atoms with E-state index in [1.54, 1.807) is 18.7 Å². The summed E-state index contributed by atoms with van der Waals surface area (Å²) in [7, 11) is -8.43. The predicted octanol–water partition coefficient (Wildman–Crippen LogP) is 0.820. The van der Waals surface area contributed by atoms with Gasteiger partial charge in [0.25, 0.3) is 10.1 Å². The summed E-state index contributed by atoms with van der Waals surface area (Å²) in [6, 6.07) is 0. The summed E-state index contributed by atoms with van der Waals surface area (Å²) in [5.74, 6) is 0. The van der Waals surface area contributed by atoms with Crippen LogP contribution in [0.5, 0.6) is 0 Å². The predicted molar refractivity (Wildman–Crippen MR) is 68.7 cm³/mol. The summed E-state index contributed by atoms with van der Waals surface area (Å²) in [5, 5.41) is -0.609. The molecule has 11 heteroatoms. The molecule has 9 nitrogen and oxygen atoms in total. The van der Waals surface area contributed by atoms with Crippen molar-refractivity contribution < 1.29 is 30.5 Å². The summed E-state index contributed by atoms with van der Waals surface area (Å²) in [6.07, 6.45) is 6.39. The number of imidazole rings is 1. The van der Waals surface area contributed by atoms with Crippen molar-refractivity contribution in [1.82, 2.24) is 9.97 Å². The highest BCUT2D eigenvalue weighted by atomic mass is 32.3. The maximum Gasteiger partial charge on any atom is 0.394 e. The molecular formula is C8H18N2O7S2. The van der Waals surface area contributed by atoms with Gasteiger partial charge in [0.1, 0.15) is 0 Å². The van der Waals surface area contributed by atoms with E-state index in [0.29, 0.717) is 6.42 Å². The number of nitrogens with zero attached hydrogens (tertiary/aromatic N) is 1. The van der Waals surface area contributed by atoms with E-state index < -0.39 is 25.8 Å². The molecule has 114 valence electrons. The smallest absolute Gasteiger partial charge is 0.351 e. The number of aromatic amines is 1. The van der Waals surface area contributed by atoms with Gasteiger partial charge < -0.3 is 4.98 Å². The minimum Gasteiger partial charge on any atom is -0.351 e. The van der Waals surface area contributed by atoms with Gasteiger partial charge in [0.05, 0.1) is 11.6 Å². The van der Waals surface area contributed by atoms with Gasteiger partial charge >= 0.3 is 10.4 Å². The molecule has 0 saturated carbocycles. The van der Waals surface area contributed by atoms with Crippen LogP contribution in [0.1, 0.15) is 26.7 Å². The van der Waals surface area contributed by atoms with Gasteiger partial charge in [-0.15, -0.1) is 0 Å². The van der Waals surface area contributed by atoms with Gasteiger partial charge in [0.15, 0.2) is 0 Å². The van der Waals surface area contributed by atoms with E-state index in [9.17, 15) is 8.42 Å². The van der Waals surface area contributed by atoms with Crippen LogP contribution < -0.4 is 0 Å². The monoisotopic (exact) mass is 318 g/mol. The van der Waals surface area contributed by atoms with Gasteiger partial charge in [-0.1, -0.05) is 13.3 Å². The number of hydrogen-bond donors (Lipinski definition) is 4. The van der Waals surface area contributed by atoms with Crippen LogP contribution in [0.15, 0.2) is 18.7 Å². The van der Waals surface area contributed by atoms with Gasteiger partial charge in [-0.3, -0.25) is 13.7 Å². The second-order valence-electron chi connectivity index (χ2n) is 3.32. The number of nitrogens with one attached hydrogen (secondary N) is 1. The third-order valence-electron chi connectivity index (χ3n) is 1.61. The number of H-pyrrole nitrogens is 1. The molecular weight excluding hydrogens is 300 g/mol. The molecule has 0 saturated heterocycles. The number of aromatic nitrogens is 2. The minimum atomic E-state index is -4.67. The zero-order chi connectivity index (χ0) is 15.5. The second-order valence-corrected chi connectivity index (χ2v) is 6.05. The first-order chi connectivity index (χ1) is 8.48. The average molecular weight is 318 g/mol. The van der Waals surface area contributed by atoms with Crippen LogP contribution in [0, 0.1) is 0 Å². The van der Waals surface area contributed by atoms with Crippen molar-refractivity contribution in [1.29, 1.82) is 0 Å². The molecule has 0 aliphatic heterocycles. The third kappa shape index (κ3) is 22.6. The van der Waals surface area contributed by atoms with E-state index in [0.717, 1.165) is 6.42 Å². The first-order valence-electron chi connectivity index (χ1n) is 5.07. The highest BCUT2D eigenvalue weighted by molar-refractivity contribution is 7.86. The maximum absolute atomic E-state index is 10.3. The van der Waals surface area contributed by atoms with E-state index in [2.05, 4.69) is 9.97 Å². The van der Waals surface area contributed by atoms with Crippen molar-refractivity contribution in [2.45, 2.75) is 31.9 Å². The van der Waals surface area contributed by atoms with Crippen molar-refractivity contribution in [2.75, 3.05) is 0 Å². The molecule has 0 fully saturated rings. The fourth-order valence-electron chi connectivity index (χ4n) is 0.771. The summed E-state index contributed by atoms with van der Waals surface area (Å²) in [4.78, 5) is 6.42. The molecule has 1 heterocycles. The van der Waals surface area contributed by atoms with Crippen LogP contribution in [0.2, 0.25) is 0 Å². The van der Waals surface area contributed by atoms with Gasteiger partial charge in [-0.2, -0.15) is 16.8 Å². The average Bonchev–Trinajstić information content (AvgIpc) is 2.71. The summed E-state index contributed by atoms with van der Waals surface area (Å²) in [6.45, 7) is 3.38. The van der Waals surface area contributed by atoms with Crippen LogP contribution in [-0.4, -0.2) is 45.7 Å². The van der Waals surface area contributed by atoms with Crippen molar-refractivity contribution in [2.24, 2.45) is 0 Å². The topological polar surface area (TPSA) is 158 Å². The van der Waals surface area contributed by atoms with Crippen molar-refractivity contribution in [3.05, 3.63) is 18.7 Å². The van der Waals surface area contributed by atoms with E-state index in [1.807, 2.05) is 6.92 Å². The zero-order valence-corrected chi connectivity index (χ0v) is 12.1. The highest BCUT2D eigenvalue weighted by Gasteiger charge is 2.14. The Bertz CT molecular complexity index is 470. The van der Waals surface area contributed by atoms with Gasteiger partial charge in [-0.05, 0) is 13.3 Å². The van der Waals surface area contributed by atoms with Crippen LogP contribution in [0.25, 0.3) is 0 Å². The summed E-state index contributed by atoms with van der Waals surface area (Å²) in [5.41, 5.74) is 0. The van der Waals surface area contributed by atoms with Crippen LogP contribution in [0.3, 0.4) is 0 Å². The Balaban J connectivity index is 0. The van der Waals surface area contributed by atoms with E-state index in [4.69, 9.17) is 22.1 Å². The fourth-order valence-corrected chi connectivity index (χ4v) is 1.30. The molecule has 0 radical (unpaired) electrons. The molecule has 19 heavy (non-hydrogen) atoms. The summed E-state index contributed by atoms with van der Waals surface area (Å²) >= 11 is 0. The zero-order valence-electron chi connectivity index (χ0n) is 10.5. The molecule has 0 aliphatic carbocycles. The molecule has 1 aromatic rings. The van der Waals surface area contributed by atoms with Gasteiger partial charge in [-0.25, -0.2) is 4.98 Å². The van der Waals surface area contributed by atoms with Gasteiger partial charge in [0, 0.05) is 12.4 Å². The van der Waals surface area contributed by atoms with Gasteiger partial charge in [0.2, 0.25) is 0 Å². The molecule has 1 aromatic heterocycles. The van der Waals surface area contributed by atoms with Crippen molar-refractivity contribution >= 4 is 20.5 Å². The van der Waals surface area contributed by atoms with E-state index in [-0.39, 0.29) is 0 Å². The van der Waals surface area contributed by atoms with Crippen molar-refractivity contribution in [3.63, 3.8) is 0 Å². The van der Waals surface area contributed by atoms with Crippen LogP contribution in [-0.2, 0) is 20.5 Å². The van der Waals surface area contributed by atoms with E-state index in [1.165, 1.54) is 6.92 Å². The Kier molecular flexibility index (Phi) is 10.5. The standard InChI is InChI=1S/C5H12O3S.C3H4N2.H2O4S/c1-3-4-5(2)9(6,7)8;1-2-5-3-4-1;1-5(2,3)4/h5H,3-4H2,1-2H3,(H,6,7,8);1-3H,(H,4,5);(H2,1,2,3,4). The lowest BCUT2D eigenvalue weighted by molar-refractivity contribution is 0.381. The number of hydrogen-bond acceptors (Lipinski definition) is 5.